The van der Waals surface area contributed by atoms with Crippen LogP contribution in [0.4, 0.5) is 0 Å². The average molecular weight is 327 g/mol. The summed E-state index contributed by atoms with van der Waals surface area (Å²) in [6, 6.07) is 3.68. The first kappa shape index (κ1) is 15.5. The first-order valence-corrected chi connectivity index (χ1v) is 8.54. The largest absolute Gasteiger partial charge is 0.412 e. The van der Waals surface area contributed by atoms with Crippen molar-refractivity contribution >= 4 is 11.6 Å². The molecule has 2 fully saturated rings. The van der Waals surface area contributed by atoms with E-state index in [1.54, 1.807) is 0 Å². The molecule has 0 spiro atoms. The molecule has 2 bridgehead atoms. The van der Waals surface area contributed by atoms with E-state index >= 15 is 0 Å². The Balaban J connectivity index is 1.82. The summed E-state index contributed by atoms with van der Waals surface area (Å²) < 4.78 is 5.72. The third kappa shape index (κ3) is 1.95. The maximum atomic E-state index is 13.1. The number of benzene rings is 1. The van der Waals surface area contributed by atoms with Crippen molar-refractivity contribution in [2.24, 2.45) is 17.7 Å². The minimum absolute atomic E-state index is 0.00710. The maximum Gasteiger partial charge on any atom is 0.154 e. The van der Waals surface area contributed by atoms with Gasteiger partial charge >= 0.3 is 0 Å². The van der Waals surface area contributed by atoms with Gasteiger partial charge < -0.3 is 9.57 Å². The van der Waals surface area contributed by atoms with E-state index in [9.17, 15) is 9.59 Å². The Kier molecular flexibility index (Phi) is 3.58. The predicted molar refractivity (Wildman–Crippen MR) is 87.5 cm³/mol. The minimum Gasteiger partial charge on any atom is -0.412 e. The molecule has 4 rings (SSSR count). The van der Waals surface area contributed by atoms with Gasteiger partial charge in [-0.3, -0.25) is 9.59 Å². The molecule has 2 heterocycles. The van der Waals surface area contributed by atoms with Crippen LogP contribution in [0, 0.1) is 11.8 Å². The van der Waals surface area contributed by atoms with Gasteiger partial charge in [0.05, 0.1) is 24.0 Å². The normalized spacial score (nSPS) is 33.4. The lowest BCUT2D eigenvalue weighted by Crippen LogP contribution is -2.26. The van der Waals surface area contributed by atoms with Crippen molar-refractivity contribution in [3.8, 4) is 5.75 Å². The first-order chi connectivity index (χ1) is 11.6. The van der Waals surface area contributed by atoms with Crippen molar-refractivity contribution < 1.29 is 19.2 Å². The van der Waals surface area contributed by atoms with E-state index in [1.165, 1.54) is 0 Å². The molecule has 1 aromatic carbocycles. The van der Waals surface area contributed by atoms with Gasteiger partial charge in [0.15, 0.2) is 11.6 Å². The van der Waals surface area contributed by atoms with Crippen LogP contribution in [-0.2, 0) is 27.2 Å². The number of hydrogen-bond donors (Lipinski definition) is 1. The summed E-state index contributed by atoms with van der Waals surface area (Å²) in [5, 5.41) is 0. The first-order valence-electron chi connectivity index (χ1n) is 8.54. The third-order valence-electron chi connectivity index (χ3n) is 5.64. The van der Waals surface area contributed by atoms with Gasteiger partial charge in [0.1, 0.15) is 11.7 Å². The number of nitrogens with two attached hydrogens (primary N) is 1. The van der Waals surface area contributed by atoms with Crippen molar-refractivity contribution in [2.75, 3.05) is 0 Å². The van der Waals surface area contributed by atoms with Gasteiger partial charge in [-0.25, -0.2) is 0 Å². The second-order valence-electron chi connectivity index (χ2n) is 6.72. The van der Waals surface area contributed by atoms with Crippen LogP contribution in [0.5, 0.6) is 5.75 Å². The van der Waals surface area contributed by atoms with Gasteiger partial charge in [-0.05, 0) is 41.7 Å². The van der Waals surface area contributed by atoms with E-state index < -0.39 is 5.92 Å². The van der Waals surface area contributed by atoms with E-state index in [2.05, 4.69) is 0 Å². The molecular formula is C19H21NO4. The summed E-state index contributed by atoms with van der Waals surface area (Å²) in [5.74, 6) is 4.58. The summed E-state index contributed by atoms with van der Waals surface area (Å²) >= 11 is 0. The lowest BCUT2D eigenvalue weighted by atomic mass is 9.84. The second-order valence-corrected chi connectivity index (χ2v) is 6.72. The van der Waals surface area contributed by atoms with Gasteiger partial charge in [0, 0.05) is 0 Å². The number of hydrogen-bond acceptors (Lipinski definition) is 5. The fraction of sp³-hybridized carbons (Fsp3) is 0.474. The quantitative estimate of drug-likeness (QED) is 0.519. The highest BCUT2D eigenvalue weighted by Crippen LogP contribution is 2.50. The fourth-order valence-electron chi connectivity index (χ4n) is 4.57. The molecule has 126 valence electrons. The SMILES string of the molecule is CCc1cc(ON)cc(CC)c1C1C(=O)C2C3C=CC(O3)C2C1=O. The smallest absolute Gasteiger partial charge is 0.154 e. The van der Waals surface area contributed by atoms with Crippen LogP contribution < -0.4 is 10.7 Å². The van der Waals surface area contributed by atoms with Crippen molar-refractivity contribution in [2.45, 2.75) is 44.8 Å². The zero-order valence-corrected chi connectivity index (χ0v) is 13.8. The molecule has 0 aromatic heterocycles. The Bertz CT molecular complexity index is 699. The van der Waals surface area contributed by atoms with E-state index in [0.29, 0.717) is 18.6 Å². The lowest BCUT2D eigenvalue weighted by molar-refractivity contribution is -0.127. The number of fused-ring (bicyclic) bond motifs is 5. The molecule has 5 nitrogen and oxygen atoms in total. The molecular weight excluding hydrogens is 306 g/mol. The van der Waals surface area contributed by atoms with Crippen molar-refractivity contribution in [3.05, 3.63) is 41.0 Å². The van der Waals surface area contributed by atoms with Crippen LogP contribution in [0.15, 0.2) is 24.3 Å². The molecule has 4 unspecified atom stereocenters. The molecule has 1 saturated heterocycles. The third-order valence-corrected chi connectivity index (χ3v) is 5.64. The molecule has 0 radical (unpaired) electrons. The Morgan fingerprint density at radius 1 is 1.00 bits per heavy atom. The molecule has 4 atom stereocenters. The molecule has 1 saturated carbocycles. The van der Waals surface area contributed by atoms with Crippen LogP contribution >= 0.6 is 0 Å². The van der Waals surface area contributed by atoms with Crippen LogP contribution in [0.2, 0.25) is 0 Å². The molecule has 0 amide bonds. The van der Waals surface area contributed by atoms with Gasteiger partial charge in [-0.2, -0.15) is 5.90 Å². The Morgan fingerprint density at radius 2 is 1.50 bits per heavy atom. The van der Waals surface area contributed by atoms with Crippen molar-refractivity contribution in [3.63, 3.8) is 0 Å². The standard InChI is InChI=1S/C19H21NO4/c1-3-9-7-11(24-20)8-10(4-2)14(9)17-18(21)15-12-5-6-13(23-12)16(15)19(17)22/h5-8,12-13,15-17H,3-4,20H2,1-2H3. The highest BCUT2D eigenvalue weighted by Gasteiger charge is 2.61. The number of ether oxygens (including phenoxy) is 1. The maximum absolute atomic E-state index is 13.1. The van der Waals surface area contributed by atoms with E-state index in [0.717, 1.165) is 16.7 Å². The lowest BCUT2D eigenvalue weighted by Gasteiger charge is -2.20. The summed E-state index contributed by atoms with van der Waals surface area (Å²) in [4.78, 5) is 31.1. The Labute approximate surface area is 140 Å². The van der Waals surface area contributed by atoms with Gasteiger partial charge in [-0.1, -0.05) is 26.0 Å². The average Bonchev–Trinajstić information content (AvgIpc) is 3.28. The molecule has 1 aliphatic carbocycles. The minimum atomic E-state index is -0.675. The fourth-order valence-corrected chi connectivity index (χ4v) is 4.57. The zero-order chi connectivity index (χ0) is 17.0. The molecule has 1 aromatic rings. The number of Topliss-reactive ketones (excluding diaryl/α,β-unsaturated/α-hetero) is 2. The predicted octanol–water partition coefficient (Wildman–Crippen LogP) is 1.87. The van der Waals surface area contributed by atoms with E-state index in [-0.39, 0.29) is 35.6 Å². The van der Waals surface area contributed by atoms with Crippen LogP contribution in [0.3, 0.4) is 0 Å². The second kappa shape index (κ2) is 5.53. The zero-order valence-electron chi connectivity index (χ0n) is 13.8. The molecule has 2 N–H and O–H groups in total. The Hall–Kier alpha value is -1.98. The number of rotatable bonds is 4. The number of carbonyl (C=O) groups is 2. The molecule has 24 heavy (non-hydrogen) atoms. The summed E-state index contributed by atoms with van der Waals surface area (Å²) in [7, 11) is 0. The van der Waals surface area contributed by atoms with Gasteiger partial charge in [0.2, 0.25) is 0 Å². The highest BCUT2D eigenvalue weighted by molar-refractivity contribution is 6.17. The van der Waals surface area contributed by atoms with Crippen molar-refractivity contribution in [1.82, 2.24) is 0 Å². The van der Waals surface area contributed by atoms with Crippen LogP contribution in [0.25, 0.3) is 0 Å². The number of carbonyl (C=O) groups excluding carboxylic acids is 2. The summed E-state index contributed by atoms with van der Waals surface area (Å²) in [5.41, 5.74) is 2.79. The van der Waals surface area contributed by atoms with Gasteiger partial charge in [-0.15, -0.1) is 0 Å². The monoisotopic (exact) mass is 327 g/mol. The van der Waals surface area contributed by atoms with E-state index in [4.69, 9.17) is 15.5 Å². The topological polar surface area (TPSA) is 78.6 Å². The molecule has 2 aliphatic heterocycles. The number of ketones is 2. The van der Waals surface area contributed by atoms with Crippen LogP contribution in [0.1, 0.15) is 36.5 Å². The highest BCUT2D eigenvalue weighted by atomic mass is 16.6. The Morgan fingerprint density at radius 3 is 1.92 bits per heavy atom. The van der Waals surface area contributed by atoms with Crippen molar-refractivity contribution in [1.29, 1.82) is 0 Å². The van der Waals surface area contributed by atoms with Gasteiger partial charge in [0.25, 0.3) is 0 Å². The molecule has 3 aliphatic rings. The summed E-state index contributed by atoms with van der Waals surface area (Å²) in [6.07, 6.45) is 4.81. The summed E-state index contributed by atoms with van der Waals surface area (Å²) in [6.45, 7) is 4.02. The number of aryl methyl sites for hydroxylation is 2. The van der Waals surface area contributed by atoms with Crippen LogP contribution in [-0.4, -0.2) is 23.8 Å². The van der Waals surface area contributed by atoms with E-state index in [1.807, 2.05) is 38.1 Å². The molecule has 5 heteroatoms.